The summed E-state index contributed by atoms with van der Waals surface area (Å²) < 4.78 is 5.82. The fraction of sp³-hybridized carbons (Fsp3) is 0.579. The van der Waals surface area contributed by atoms with Gasteiger partial charge in [0.2, 0.25) is 5.91 Å². The second-order valence-electron chi connectivity index (χ2n) is 6.99. The number of carbonyl (C=O) groups is 2. The van der Waals surface area contributed by atoms with E-state index in [1.807, 2.05) is 18.7 Å². The molecule has 142 valence electrons. The van der Waals surface area contributed by atoms with Crippen LogP contribution in [0.25, 0.3) is 0 Å². The third kappa shape index (κ3) is 4.06. The SMILES string of the molecule is CCCNC(=O)C1CCN(C(=O)N2C[C@H](C)Oc3ccc(Cl)cc32)CC1. The van der Waals surface area contributed by atoms with Gasteiger partial charge in [-0.1, -0.05) is 18.5 Å². The van der Waals surface area contributed by atoms with E-state index < -0.39 is 0 Å². The van der Waals surface area contributed by atoms with E-state index in [4.69, 9.17) is 16.3 Å². The fourth-order valence-corrected chi connectivity index (χ4v) is 3.65. The number of fused-ring (bicyclic) bond motifs is 1. The summed E-state index contributed by atoms with van der Waals surface area (Å²) >= 11 is 6.11. The summed E-state index contributed by atoms with van der Waals surface area (Å²) in [6.45, 7) is 6.36. The van der Waals surface area contributed by atoms with Gasteiger partial charge >= 0.3 is 6.03 Å². The molecule has 6 nitrogen and oxygen atoms in total. The van der Waals surface area contributed by atoms with Crippen LogP contribution in [-0.2, 0) is 4.79 Å². The Morgan fingerprint density at radius 2 is 2.04 bits per heavy atom. The lowest BCUT2D eigenvalue weighted by Crippen LogP contribution is -2.52. The van der Waals surface area contributed by atoms with E-state index >= 15 is 0 Å². The highest BCUT2D eigenvalue weighted by Crippen LogP contribution is 2.36. The topological polar surface area (TPSA) is 61.9 Å². The van der Waals surface area contributed by atoms with Crippen LogP contribution in [0.15, 0.2) is 18.2 Å². The number of nitrogens with one attached hydrogen (secondary N) is 1. The average Bonchev–Trinajstić information content (AvgIpc) is 2.65. The van der Waals surface area contributed by atoms with E-state index in [0.29, 0.717) is 55.5 Å². The monoisotopic (exact) mass is 379 g/mol. The number of piperidine rings is 1. The maximum absolute atomic E-state index is 13.1. The van der Waals surface area contributed by atoms with Gasteiger partial charge in [0.1, 0.15) is 11.9 Å². The van der Waals surface area contributed by atoms with E-state index in [-0.39, 0.29) is 24.0 Å². The number of anilines is 1. The number of likely N-dealkylation sites (tertiary alicyclic amines) is 1. The Bertz CT molecular complexity index is 674. The third-order valence-corrected chi connectivity index (χ3v) is 5.13. The van der Waals surface area contributed by atoms with E-state index in [2.05, 4.69) is 5.32 Å². The quantitative estimate of drug-likeness (QED) is 0.876. The van der Waals surface area contributed by atoms with Crippen LogP contribution in [0.4, 0.5) is 10.5 Å². The molecule has 0 radical (unpaired) electrons. The van der Waals surface area contributed by atoms with Gasteiger partial charge in [0.15, 0.2) is 0 Å². The molecule has 3 rings (SSSR count). The summed E-state index contributed by atoms with van der Waals surface area (Å²) in [4.78, 5) is 28.8. The van der Waals surface area contributed by atoms with Gasteiger partial charge in [-0.05, 0) is 44.4 Å². The first-order valence-electron chi connectivity index (χ1n) is 9.30. The first kappa shape index (κ1) is 18.8. The molecule has 1 aromatic carbocycles. The molecule has 7 heteroatoms. The molecular formula is C19H26ClN3O3. The summed E-state index contributed by atoms with van der Waals surface area (Å²) in [5, 5.41) is 3.53. The number of urea groups is 1. The predicted molar refractivity (Wildman–Crippen MR) is 102 cm³/mol. The lowest BCUT2D eigenvalue weighted by atomic mass is 9.96. The highest BCUT2D eigenvalue weighted by Gasteiger charge is 2.33. The molecule has 1 aromatic rings. The zero-order chi connectivity index (χ0) is 18.7. The molecule has 0 bridgehead atoms. The highest BCUT2D eigenvalue weighted by atomic mass is 35.5. The molecule has 2 aliphatic heterocycles. The fourth-order valence-electron chi connectivity index (χ4n) is 3.49. The van der Waals surface area contributed by atoms with Crippen molar-refractivity contribution in [3.8, 4) is 5.75 Å². The normalized spacial score (nSPS) is 20.3. The van der Waals surface area contributed by atoms with Gasteiger partial charge in [-0.2, -0.15) is 0 Å². The number of nitrogens with zero attached hydrogens (tertiary/aromatic N) is 2. The molecule has 1 saturated heterocycles. The minimum absolute atomic E-state index is 0.00376. The second-order valence-corrected chi connectivity index (χ2v) is 7.42. The third-order valence-electron chi connectivity index (χ3n) is 4.90. The van der Waals surface area contributed by atoms with Crippen molar-refractivity contribution in [1.82, 2.24) is 10.2 Å². The molecule has 3 amide bonds. The maximum Gasteiger partial charge on any atom is 0.324 e. The summed E-state index contributed by atoms with van der Waals surface area (Å²) in [5.74, 6) is 0.780. The van der Waals surface area contributed by atoms with Gasteiger partial charge < -0.3 is 15.0 Å². The summed E-state index contributed by atoms with van der Waals surface area (Å²) in [7, 11) is 0. The lowest BCUT2D eigenvalue weighted by molar-refractivity contribution is -0.126. The number of carbonyl (C=O) groups excluding carboxylic acids is 2. The average molecular weight is 380 g/mol. The Morgan fingerprint density at radius 1 is 1.31 bits per heavy atom. The molecule has 2 aliphatic rings. The first-order valence-corrected chi connectivity index (χ1v) is 9.67. The van der Waals surface area contributed by atoms with Gasteiger partial charge in [0.25, 0.3) is 0 Å². The van der Waals surface area contributed by atoms with Crippen molar-refractivity contribution in [2.24, 2.45) is 5.92 Å². The molecular weight excluding hydrogens is 354 g/mol. The predicted octanol–water partition coefficient (Wildman–Crippen LogP) is 3.29. The van der Waals surface area contributed by atoms with Crippen LogP contribution in [0.1, 0.15) is 33.1 Å². The molecule has 1 N–H and O–H groups in total. The van der Waals surface area contributed by atoms with Crippen molar-refractivity contribution in [3.05, 3.63) is 23.2 Å². The summed E-state index contributed by atoms with van der Waals surface area (Å²) in [6.07, 6.45) is 2.25. The van der Waals surface area contributed by atoms with E-state index in [1.54, 1.807) is 23.1 Å². The van der Waals surface area contributed by atoms with Crippen molar-refractivity contribution in [1.29, 1.82) is 0 Å². The molecule has 1 atom stereocenters. The molecule has 2 heterocycles. The largest absolute Gasteiger partial charge is 0.487 e. The molecule has 0 aliphatic carbocycles. The van der Waals surface area contributed by atoms with Crippen molar-refractivity contribution >= 4 is 29.2 Å². The molecule has 0 spiro atoms. The zero-order valence-electron chi connectivity index (χ0n) is 15.3. The molecule has 0 unspecified atom stereocenters. The smallest absolute Gasteiger partial charge is 0.324 e. The second kappa shape index (κ2) is 8.16. The summed E-state index contributed by atoms with van der Waals surface area (Å²) in [5.41, 5.74) is 0.711. The first-order chi connectivity index (χ1) is 12.5. The lowest BCUT2D eigenvalue weighted by Gasteiger charge is -2.39. The molecule has 1 fully saturated rings. The van der Waals surface area contributed by atoms with Crippen molar-refractivity contribution in [2.45, 2.75) is 39.2 Å². The Morgan fingerprint density at radius 3 is 2.73 bits per heavy atom. The van der Waals surface area contributed by atoms with Gasteiger partial charge in [0, 0.05) is 30.6 Å². The number of benzene rings is 1. The van der Waals surface area contributed by atoms with Gasteiger partial charge in [0.05, 0.1) is 12.2 Å². The van der Waals surface area contributed by atoms with Crippen molar-refractivity contribution < 1.29 is 14.3 Å². The standard InChI is InChI=1S/C19H26ClN3O3/c1-3-8-21-18(24)14-6-9-22(10-7-14)19(25)23-12-13(2)26-17-5-4-15(20)11-16(17)23/h4-5,11,13-14H,3,6-10,12H2,1-2H3,(H,21,24)/t13-/m0/s1. The highest BCUT2D eigenvalue weighted by molar-refractivity contribution is 6.31. The van der Waals surface area contributed by atoms with Gasteiger partial charge in [-0.15, -0.1) is 0 Å². The van der Waals surface area contributed by atoms with E-state index in [9.17, 15) is 9.59 Å². The number of rotatable bonds is 3. The number of halogens is 1. The van der Waals surface area contributed by atoms with Crippen LogP contribution in [0, 0.1) is 5.92 Å². The van der Waals surface area contributed by atoms with Gasteiger partial charge in [-0.3, -0.25) is 9.69 Å². The summed E-state index contributed by atoms with van der Waals surface area (Å²) in [6, 6.07) is 5.29. The molecule has 0 aromatic heterocycles. The van der Waals surface area contributed by atoms with Crippen LogP contribution in [0.5, 0.6) is 5.75 Å². The Balaban J connectivity index is 1.66. The maximum atomic E-state index is 13.1. The Hall–Kier alpha value is -1.95. The zero-order valence-corrected chi connectivity index (χ0v) is 16.1. The number of amides is 3. The van der Waals surface area contributed by atoms with Crippen LogP contribution >= 0.6 is 11.6 Å². The van der Waals surface area contributed by atoms with Crippen molar-refractivity contribution in [2.75, 3.05) is 31.1 Å². The molecule has 0 saturated carbocycles. The minimum atomic E-state index is -0.0787. The van der Waals surface area contributed by atoms with Crippen LogP contribution in [0.2, 0.25) is 5.02 Å². The number of hydrogen-bond donors (Lipinski definition) is 1. The Labute approximate surface area is 159 Å². The number of hydrogen-bond acceptors (Lipinski definition) is 3. The van der Waals surface area contributed by atoms with Crippen LogP contribution in [0.3, 0.4) is 0 Å². The van der Waals surface area contributed by atoms with Gasteiger partial charge in [-0.25, -0.2) is 4.79 Å². The van der Waals surface area contributed by atoms with Crippen molar-refractivity contribution in [3.63, 3.8) is 0 Å². The van der Waals surface area contributed by atoms with E-state index in [0.717, 1.165) is 6.42 Å². The van der Waals surface area contributed by atoms with E-state index in [1.165, 1.54) is 0 Å². The minimum Gasteiger partial charge on any atom is -0.487 e. The van der Waals surface area contributed by atoms with Crippen LogP contribution in [-0.4, -0.2) is 49.1 Å². The Kier molecular flexibility index (Phi) is 5.91. The van der Waals surface area contributed by atoms with Crippen LogP contribution < -0.4 is 15.0 Å². The molecule has 26 heavy (non-hydrogen) atoms. The number of ether oxygens (including phenoxy) is 1.